The van der Waals surface area contributed by atoms with Gasteiger partial charge in [-0.2, -0.15) is 0 Å². The second-order valence-electron chi connectivity index (χ2n) is 8.46. The van der Waals surface area contributed by atoms with Gasteiger partial charge in [-0.15, -0.1) is 0 Å². The van der Waals surface area contributed by atoms with E-state index in [1.807, 2.05) is 0 Å². The van der Waals surface area contributed by atoms with Gasteiger partial charge in [-0.05, 0) is 49.6 Å². The van der Waals surface area contributed by atoms with Gasteiger partial charge in [-0.25, -0.2) is 0 Å². The monoisotopic (exact) mass is 343 g/mol. The summed E-state index contributed by atoms with van der Waals surface area (Å²) in [6.45, 7) is 7.70. The number of nitrogens with two attached hydrogens (primary N) is 1. The van der Waals surface area contributed by atoms with Crippen LogP contribution in [0.2, 0.25) is 0 Å². The molecule has 0 radical (unpaired) electrons. The molecule has 1 amide bonds. The molecular weight excluding hydrogens is 310 g/mol. The summed E-state index contributed by atoms with van der Waals surface area (Å²) < 4.78 is 0. The number of carbonyl (C=O) groups excluding carboxylic acids is 1. The Bertz CT molecular complexity index is 574. The molecule has 1 heterocycles. The van der Waals surface area contributed by atoms with Crippen LogP contribution in [0.5, 0.6) is 0 Å². The standard InChI is InChI=1S/C21H33N3O/c1-15(2)11-20(21(22)25)23(3)19-10-9-17-13-24(14-18(17)19)12-16-7-5-4-6-8-16/h4-8,15,17-20H,9-14H2,1-3H3,(H2,22,25)/t17-,18+,19+,20+/m1/s1. The fourth-order valence-corrected chi connectivity index (χ4v) is 4.97. The minimum atomic E-state index is -0.168. The average molecular weight is 344 g/mol. The van der Waals surface area contributed by atoms with Crippen molar-refractivity contribution < 1.29 is 4.79 Å². The van der Waals surface area contributed by atoms with Crippen LogP contribution in [0.4, 0.5) is 0 Å². The van der Waals surface area contributed by atoms with Crippen LogP contribution in [0.15, 0.2) is 30.3 Å². The molecule has 1 aromatic carbocycles. The van der Waals surface area contributed by atoms with Gasteiger partial charge in [0.05, 0.1) is 6.04 Å². The maximum atomic E-state index is 12.0. The summed E-state index contributed by atoms with van der Waals surface area (Å²) >= 11 is 0. The van der Waals surface area contributed by atoms with Gasteiger partial charge in [0.25, 0.3) is 0 Å². The summed E-state index contributed by atoms with van der Waals surface area (Å²) in [7, 11) is 2.12. The number of hydrogen-bond donors (Lipinski definition) is 1. The quantitative estimate of drug-likeness (QED) is 0.828. The van der Waals surface area contributed by atoms with Gasteiger partial charge in [0.1, 0.15) is 0 Å². The predicted molar refractivity (Wildman–Crippen MR) is 102 cm³/mol. The van der Waals surface area contributed by atoms with Gasteiger partial charge in [0.2, 0.25) is 5.91 Å². The molecule has 0 bridgehead atoms. The molecule has 3 rings (SSSR count). The fourth-order valence-electron chi connectivity index (χ4n) is 4.97. The minimum absolute atomic E-state index is 0.132. The van der Waals surface area contributed by atoms with Crippen molar-refractivity contribution in [3.05, 3.63) is 35.9 Å². The first-order chi connectivity index (χ1) is 12.0. The zero-order valence-electron chi connectivity index (χ0n) is 15.9. The van der Waals surface area contributed by atoms with Crippen LogP contribution in [-0.2, 0) is 11.3 Å². The highest BCUT2D eigenvalue weighted by atomic mass is 16.1. The number of fused-ring (bicyclic) bond motifs is 1. The Hall–Kier alpha value is -1.39. The van der Waals surface area contributed by atoms with Crippen molar-refractivity contribution in [1.82, 2.24) is 9.80 Å². The van der Waals surface area contributed by atoms with Crippen LogP contribution in [0.25, 0.3) is 0 Å². The van der Waals surface area contributed by atoms with E-state index in [-0.39, 0.29) is 11.9 Å². The summed E-state index contributed by atoms with van der Waals surface area (Å²) in [5.74, 6) is 1.75. The Morgan fingerprint density at radius 2 is 1.96 bits per heavy atom. The van der Waals surface area contributed by atoms with Crippen molar-refractivity contribution in [2.45, 2.75) is 51.7 Å². The Balaban J connectivity index is 1.64. The number of amides is 1. The number of carbonyl (C=O) groups is 1. The van der Waals surface area contributed by atoms with Gasteiger partial charge in [0, 0.05) is 25.7 Å². The highest BCUT2D eigenvalue weighted by Gasteiger charge is 2.45. The molecule has 138 valence electrons. The summed E-state index contributed by atoms with van der Waals surface area (Å²) in [5, 5.41) is 0. The van der Waals surface area contributed by atoms with Crippen molar-refractivity contribution in [1.29, 1.82) is 0 Å². The van der Waals surface area contributed by atoms with E-state index in [1.165, 1.54) is 24.9 Å². The minimum Gasteiger partial charge on any atom is -0.368 e. The molecule has 0 aromatic heterocycles. The van der Waals surface area contributed by atoms with E-state index in [4.69, 9.17) is 5.73 Å². The molecule has 0 unspecified atom stereocenters. The summed E-state index contributed by atoms with van der Waals surface area (Å²) in [4.78, 5) is 16.9. The molecule has 4 nitrogen and oxygen atoms in total. The molecular formula is C21H33N3O. The maximum absolute atomic E-state index is 12.0. The Morgan fingerprint density at radius 3 is 2.60 bits per heavy atom. The van der Waals surface area contributed by atoms with E-state index in [9.17, 15) is 4.79 Å². The highest BCUT2D eigenvalue weighted by molar-refractivity contribution is 5.79. The largest absolute Gasteiger partial charge is 0.368 e. The lowest BCUT2D eigenvalue weighted by Gasteiger charge is -2.35. The normalized spacial score (nSPS) is 27.8. The molecule has 25 heavy (non-hydrogen) atoms. The number of primary amides is 1. The van der Waals surface area contributed by atoms with Crippen LogP contribution in [0, 0.1) is 17.8 Å². The lowest BCUT2D eigenvalue weighted by molar-refractivity contribution is -0.124. The van der Waals surface area contributed by atoms with Gasteiger partial charge in [-0.3, -0.25) is 14.6 Å². The predicted octanol–water partition coefficient (Wildman–Crippen LogP) is 2.73. The Kier molecular flexibility index (Phi) is 5.80. The van der Waals surface area contributed by atoms with E-state index >= 15 is 0 Å². The third-order valence-electron chi connectivity index (χ3n) is 6.18. The second-order valence-corrected chi connectivity index (χ2v) is 8.46. The number of nitrogens with zero attached hydrogens (tertiary/aromatic N) is 2. The van der Waals surface area contributed by atoms with Gasteiger partial charge in [0.15, 0.2) is 0 Å². The van der Waals surface area contributed by atoms with E-state index < -0.39 is 0 Å². The van der Waals surface area contributed by atoms with Crippen molar-refractivity contribution in [3.8, 4) is 0 Å². The molecule has 1 aromatic rings. The van der Waals surface area contributed by atoms with E-state index in [0.29, 0.717) is 17.9 Å². The Morgan fingerprint density at radius 1 is 1.24 bits per heavy atom. The summed E-state index contributed by atoms with van der Waals surface area (Å²) in [6, 6.07) is 11.1. The van der Waals surface area contributed by atoms with Crippen LogP contribution >= 0.6 is 0 Å². The van der Waals surface area contributed by atoms with Gasteiger partial charge in [-0.1, -0.05) is 44.2 Å². The molecule has 2 N–H and O–H groups in total. The van der Waals surface area contributed by atoms with Crippen molar-refractivity contribution >= 4 is 5.91 Å². The number of rotatable bonds is 7. The molecule has 1 saturated heterocycles. The van der Waals surface area contributed by atoms with Gasteiger partial charge >= 0.3 is 0 Å². The van der Waals surface area contributed by atoms with Gasteiger partial charge < -0.3 is 5.73 Å². The lowest BCUT2D eigenvalue weighted by Crippen LogP contribution is -2.50. The first-order valence-electron chi connectivity index (χ1n) is 9.73. The summed E-state index contributed by atoms with van der Waals surface area (Å²) in [6.07, 6.45) is 3.33. The Labute approximate surface area is 152 Å². The molecule has 1 aliphatic carbocycles. The van der Waals surface area contributed by atoms with Crippen molar-refractivity contribution in [3.63, 3.8) is 0 Å². The van der Waals surface area contributed by atoms with Crippen LogP contribution in [0.3, 0.4) is 0 Å². The first kappa shape index (κ1) is 18.4. The molecule has 0 spiro atoms. The molecule has 1 aliphatic heterocycles. The zero-order valence-corrected chi connectivity index (χ0v) is 15.9. The number of hydrogen-bond acceptors (Lipinski definition) is 3. The fraction of sp³-hybridized carbons (Fsp3) is 0.667. The van der Waals surface area contributed by atoms with E-state index in [1.54, 1.807) is 0 Å². The highest BCUT2D eigenvalue weighted by Crippen LogP contribution is 2.41. The molecule has 4 heteroatoms. The first-order valence-corrected chi connectivity index (χ1v) is 9.73. The zero-order chi connectivity index (χ0) is 18.0. The topological polar surface area (TPSA) is 49.6 Å². The lowest BCUT2D eigenvalue weighted by atomic mass is 9.94. The van der Waals surface area contributed by atoms with Crippen LogP contribution in [0.1, 0.15) is 38.7 Å². The van der Waals surface area contributed by atoms with Crippen molar-refractivity contribution in [2.75, 3.05) is 20.1 Å². The number of likely N-dealkylation sites (N-methyl/N-ethyl adjacent to an activating group) is 1. The molecule has 1 saturated carbocycles. The van der Waals surface area contributed by atoms with Crippen LogP contribution < -0.4 is 5.73 Å². The smallest absolute Gasteiger partial charge is 0.234 e. The number of likely N-dealkylation sites (tertiary alicyclic amines) is 1. The molecule has 2 aliphatic rings. The third-order valence-corrected chi connectivity index (χ3v) is 6.18. The molecule has 4 atom stereocenters. The number of benzene rings is 1. The summed E-state index contributed by atoms with van der Waals surface area (Å²) in [5.41, 5.74) is 7.12. The van der Waals surface area contributed by atoms with E-state index in [2.05, 4.69) is 61.0 Å². The van der Waals surface area contributed by atoms with Crippen molar-refractivity contribution in [2.24, 2.45) is 23.5 Å². The molecule has 2 fully saturated rings. The third kappa shape index (κ3) is 4.24. The maximum Gasteiger partial charge on any atom is 0.234 e. The van der Waals surface area contributed by atoms with E-state index in [0.717, 1.165) is 25.4 Å². The SMILES string of the molecule is CC(C)C[C@@H](C(N)=O)N(C)[C@H]1CC[C@@H]2CN(Cc3ccccc3)C[C@@H]21. The second kappa shape index (κ2) is 7.88. The average Bonchev–Trinajstić information content (AvgIpc) is 3.12. The van der Waals surface area contributed by atoms with Crippen LogP contribution in [-0.4, -0.2) is 47.9 Å².